The lowest BCUT2D eigenvalue weighted by Crippen LogP contribution is -2.42. The first-order valence-corrected chi connectivity index (χ1v) is 13.1. The number of hydrogen-bond acceptors (Lipinski definition) is 10. The summed E-state index contributed by atoms with van der Waals surface area (Å²) in [6.07, 6.45) is 2.05. The second-order valence-corrected chi connectivity index (χ2v) is 10.8. The molecule has 1 N–H and O–H groups in total. The molecule has 15 heteroatoms. The molecule has 3 rings (SSSR count). The van der Waals surface area contributed by atoms with Crippen LogP contribution in [0, 0.1) is 0 Å². The highest BCUT2D eigenvalue weighted by Gasteiger charge is 2.46. The van der Waals surface area contributed by atoms with Crippen LogP contribution in [0.2, 0.25) is 0 Å². The van der Waals surface area contributed by atoms with E-state index >= 15 is 0 Å². The van der Waals surface area contributed by atoms with Crippen molar-refractivity contribution in [1.29, 1.82) is 0 Å². The van der Waals surface area contributed by atoms with Crippen molar-refractivity contribution in [2.45, 2.75) is 64.5 Å². The van der Waals surface area contributed by atoms with Crippen molar-refractivity contribution in [2.24, 2.45) is 10.2 Å². The van der Waals surface area contributed by atoms with Gasteiger partial charge in [-0.2, -0.15) is 21.6 Å². The maximum atomic E-state index is 13.1. The number of esters is 1. The first kappa shape index (κ1) is 26.8. The van der Waals surface area contributed by atoms with Gasteiger partial charge in [0.2, 0.25) is 5.01 Å². The molecule has 0 fully saturated rings. The number of azo groups is 1. The molecule has 0 saturated heterocycles. The number of aromatic nitrogens is 2. The number of sulfonamides is 1. The van der Waals surface area contributed by atoms with Gasteiger partial charge in [-0.3, -0.25) is 4.72 Å². The lowest BCUT2D eigenvalue weighted by atomic mass is 9.94. The van der Waals surface area contributed by atoms with E-state index in [-0.39, 0.29) is 40.2 Å². The van der Waals surface area contributed by atoms with E-state index in [0.29, 0.717) is 18.5 Å². The average molecular weight is 535 g/mol. The molecule has 1 aliphatic rings. The number of aryl methyl sites for hydroxylation is 1. The lowest BCUT2D eigenvalue weighted by molar-refractivity contribution is -0.0429. The molecule has 1 unspecified atom stereocenters. The van der Waals surface area contributed by atoms with Crippen LogP contribution in [-0.2, 0) is 21.2 Å². The fourth-order valence-electron chi connectivity index (χ4n) is 3.65. The Balaban J connectivity index is 2.02. The summed E-state index contributed by atoms with van der Waals surface area (Å²) in [7, 11) is -5.71. The lowest BCUT2D eigenvalue weighted by Gasteiger charge is -2.40. The Morgan fingerprint density at radius 1 is 1.31 bits per heavy atom. The molecular formula is C20H25F3N6O4S2. The van der Waals surface area contributed by atoms with Crippen molar-refractivity contribution in [2.75, 3.05) is 16.2 Å². The van der Waals surface area contributed by atoms with E-state index in [1.165, 1.54) is 12.1 Å². The van der Waals surface area contributed by atoms with Gasteiger partial charge in [0, 0.05) is 17.8 Å². The molecule has 0 aliphatic carbocycles. The van der Waals surface area contributed by atoms with Gasteiger partial charge < -0.3 is 9.64 Å². The molecular weight excluding hydrogens is 509 g/mol. The van der Waals surface area contributed by atoms with Gasteiger partial charge in [-0.25, -0.2) is 4.79 Å². The van der Waals surface area contributed by atoms with Crippen LogP contribution in [0.4, 0.5) is 35.4 Å². The fourth-order valence-corrected chi connectivity index (χ4v) is 4.78. The molecule has 10 nitrogen and oxygen atoms in total. The molecule has 0 amide bonds. The summed E-state index contributed by atoms with van der Waals surface area (Å²) in [5.74, 6) is -0.680. The van der Waals surface area contributed by atoms with Gasteiger partial charge in [0.1, 0.15) is 5.69 Å². The summed E-state index contributed by atoms with van der Waals surface area (Å²) in [5.41, 5.74) is -4.61. The summed E-state index contributed by atoms with van der Waals surface area (Å²) in [6, 6.07) is 2.98. The number of benzene rings is 1. The van der Waals surface area contributed by atoms with Crippen molar-refractivity contribution in [3.63, 3.8) is 0 Å². The summed E-state index contributed by atoms with van der Waals surface area (Å²) in [5, 5.41) is 15.1. The van der Waals surface area contributed by atoms with Crippen LogP contribution >= 0.6 is 11.3 Å². The molecule has 2 aromatic rings. The maximum Gasteiger partial charge on any atom is 0.516 e. The Labute approximate surface area is 204 Å². The van der Waals surface area contributed by atoms with Crippen LogP contribution in [0.25, 0.3) is 0 Å². The summed E-state index contributed by atoms with van der Waals surface area (Å²) in [4.78, 5) is 13.9. The average Bonchev–Trinajstić information content (AvgIpc) is 3.24. The molecule has 0 spiro atoms. The molecule has 1 aliphatic heterocycles. The Kier molecular flexibility index (Phi) is 7.99. The molecule has 0 radical (unpaired) electrons. The second kappa shape index (κ2) is 10.4. The third kappa shape index (κ3) is 6.07. The smallest absolute Gasteiger partial charge is 0.460 e. The predicted octanol–water partition coefficient (Wildman–Crippen LogP) is 5.33. The largest absolute Gasteiger partial charge is 0.516 e. The minimum atomic E-state index is -5.71. The Morgan fingerprint density at radius 2 is 2.03 bits per heavy atom. The fraction of sp³-hybridized carbons (Fsp3) is 0.550. The molecule has 0 bridgehead atoms. The third-order valence-electron chi connectivity index (χ3n) is 5.16. The summed E-state index contributed by atoms with van der Waals surface area (Å²) in [6.45, 7) is 7.92. The zero-order valence-corrected chi connectivity index (χ0v) is 21.1. The van der Waals surface area contributed by atoms with Gasteiger partial charge in [-0.15, -0.1) is 20.4 Å². The highest BCUT2D eigenvalue weighted by Crippen LogP contribution is 2.41. The van der Waals surface area contributed by atoms with E-state index in [1.807, 2.05) is 32.6 Å². The third-order valence-corrected chi connectivity index (χ3v) is 7.04. The number of carbonyl (C=O) groups is 1. The highest BCUT2D eigenvalue weighted by atomic mass is 32.2. The number of ether oxygens (including phenoxy) is 1. The van der Waals surface area contributed by atoms with E-state index in [1.54, 1.807) is 4.72 Å². The normalized spacial score (nSPS) is 16.6. The molecule has 1 aromatic carbocycles. The standard InChI is InChI=1S/C20H25F3N6O4S2/c1-5-8-33-18(30)17-25-27-19(34-17)26-24-14-9-13-7-6-12(4)29(11(2)3)16(13)10-15(14)28-35(31,32)20(21,22)23/h9-12,28H,5-8H2,1-4H3. The van der Waals surface area contributed by atoms with Crippen molar-refractivity contribution in [3.8, 4) is 0 Å². The zero-order valence-electron chi connectivity index (χ0n) is 19.5. The van der Waals surface area contributed by atoms with Crippen molar-refractivity contribution in [1.82, 2.24) is 10.2 Å². The van der Waals surface area contributed by atoms with Crippen LogP contribution < -0.4 is 9.62 Å². The van der Waals surface area contributed by atoms with Gasteiger partial charge >= 0.3 is 21.5 Å². The maximum absolute atomic E-state index is 13.1. The predicted molar refractivity (Wildman–Crippen MR) is 125 cm³/mol. The Hall–Kier alpha value is -2.81. The number of nitrogens with zero attached hydrogens (tertiary/aromatic N) is 5. The number of alkyl halides is 3. The number of rotatable bonds is 8. The summed E-state index contributed by atoms with van der Waals surface area (Å²) >= 11 is 0.783. The quantitative estimate of drug-likeness (QED) is 0.358. The van der Waals surface area contributed by atoms with Crippen molar-refractivity contribution >= 4 is 49.5 Å². The van der Waals surface area contributed by atoms with E-state index in [9.17, 15) is 26.4 Å². The number of nitrogens with one attached hydrogen (secondary N) is 1. The molecule has 1 aromatic heterocycles. The number of carbonyl (C=O) groups excluding carboxylic acids is 1. The Morgan fingerprint density at radius 3 is 2.66 bits per heavy atom. The van der Waals surface area contributed by atoms with Gasteiger partial charge in [0.25, 0.3) is 5.13 Å². The topological polar surface area (TPSA) is 126 Å². The van der Waals surface area contributed by atoms with E-state index in [4.69, 9.17) is 4.74 Å². The first-order valence-electron chi connectivity index (χ1n) is 10.8. The molecule has 2 heterocycles. The Bertz CT molecular complexity index is 1210. The van der Waals surface area contributed by atoms with Crippen LogP contribution in [0.5, 0.6) is 0 Å². The minimum Gasteiger partial charge on any atom is -0.460 e. The van der Waals surface area contributed by atoms with Gasteiger partial charge in [0.15, 0.2) is 0 Å². The van der Waals surface area contributed by atoms with Crippen LogP contribution in [-0.4, -0.2) is 48.8 Å². The van der Waals surface area contributed by atoms with Gasteiger partial charge in [-0.1, -0.05) is 18.3 Å². The zero-order chi connectivity index (χ0) is 26.0. The molecule has 192 valence electrons. The number of hydrogen-bond donors (Lipinski definition) is 1. The number of fused-ring (bicyclic) bond motifs is 1. The monoisotopic (exact) mass is 534 g/mol. The first-order chi connectivity index (χ1) is 16.3. The highest BCUT2D eigenvalue weighted by molar-refractivity contribution is 7.93. The molecule has 35 heavy (non-hydrogen) atoms. The van der Waals surface area contributed by atoms with E-state index in [2.05, 4.69) is 20.4 Å². The molecule has 0 saturated carbocycles. The second-order valence-electron chi connectivity index (χ2n) is 8.16. The van der Waals surface area contributed by atoms with Gasteiger partial charge in [0.05, 0.1) is 12.3 Å². The van der Waals surface area contributed by atoms with Gasteiger partial charge in [-0.05, 0) is 57.7 Å². The summed E-state index contributed by atoms with van der Waals surface area (Å²) < 4.78 is 69.6. The number of halogens is 3. The SMILES string of the molecule is CCCOC(=O)c1nnc(N=Nc2cc3c(cc2NS(=O)(=O)C(F)(F)F)N(C(C)C)C(C)CC3)s1. The number of anilines is 2. The van der Waals surface area contributed by atoms with E-state index in [0.717, 1.165) is 23.3 Å². The van der Waals surface area contributed by atoms with E-state index < -0.39 is 21.5 Å². The van der Waals surface area contributed by atoms with Crippen LogP contribution in [0.3, 0.4) is 0 Å². The van der Waals surface area contributed by atoms with Crippen LogP contribution in [0.15, 0.2) is 22.4 Å². The minimum absolute atomic E-state index is 0.0240. The molecule has 1 atom stereocenters. The van der Waals surface area contributed by atoms with Crippen LogP contribution in [0.1, 0.15) is 55.9 Å². The van der Waals surface area contributed by atoms with Crippen molar-refractivity contribution in [3.05, 3.63) is 22.7 Å². The van der Waals surface area contributed by atoms with Crippen molar-refractivity contribution < 1.29 is 31.1 Å².